The maximum Gasteiger partial charge on any atom is 0.329 e. The van der Waals surface area contributed by atoms with Crippen LogP contribution in [0.4, 0.5) is 5.69 Å². The average Bonchev–Trinajstić information content (AvgIpc) is 2.55. The van der Waals surface area contributed by atoms with Crippen molar-refractivity contribution < 1.29 is 9.90 Å². The lowest BCUT2D eigenvalue weighted by atomic mass is 9.90. The molecule has 0 aliphatic heterocycles. The summed E-state index contributed by atoms with van der Waals surface area (Å²) in [5.74, 6) is -0.737. The molecule has 0 unspecified atom stereocenters. The van der Waals surface area contributed by atoms with Crippen molar-refractivity contribution in [1.82, 2.24) is 4.98 Å². The first-order chi connectivity index (χ1) is 8.62. The fraction of sp³-hybridized carbons (Fsp3) is 0.571. The number of pyridine rings is 1. The molecule has 1 aliphatic carbocycles. The Morgan fingerprint density at radius 1 is 1.33 bits per heavy atom. The van der Waals surface area contributed by atoms with E-state index in [9.17, 15) is 9.90 Å². The Balaban J connectivity index is 2.22. The number of aliphatic carboxylic acids is 1. The standard InChI is InChI=1S/C14H20N2O2/c1-11-10-12(6-9-15-11)16-14(13(17)18)7-4-2-3-5-8-14/h6,9-10H,2-5,7-8H2,1H3,(H,15,16)(H,17,18). The van der Waals surface area contributed by atoms with Crippen LogP contribution in [-0.4, -0.2) is 21.6 Å². The number of hydrogen-bond donors (Lipinski definition) is 2. The van der Waals surface area contributed by atoms with Gasteiger partial charge in [0, 0.05) is 17.6 Å². The summed E-state index contributed by atoms with van der Waals surface area (Å²) in [4.78, 5) is 15.8. The molecule has 4 nitrogen and oxygen atoms in total. The van der Waals surface area contributed by atoms with Gasteiger partial charge in [-0.3, -0.25) is 4.98 Å². The lowest BCUT2D eigenvalue weighted by molar-refractivity contribution is -0.142. The molecule has 0 saturated heterocycles. The molecule has 0 bridgehead atoms. The van der Waals surface area contributed by atoms with Gasteiger partial charge in [0.25, 0.3) is 0 Å². The molecular weight excluding hydrogens is 228 g/mol. The normalized spacial score (nSPS) is 18.9. The van der Waals surface area contributed by atoms with E-state index in [1.807, 2.05) is 19.1 Å². The number of hydrogen-bond acceptors (Lipinski definition) is 3. The zero-order valence-electron chi connectivity index (χ0n) is 10.8. The predicted octanol–water partition coefficient (Wildman–Crippen LogP) is 2.98. The van der Waals surface area contributed by atoms with Gasteiger partial charge in [-0.1, -0.05) is 25.7 Å². The second kappa shape index (κ2) is 5.38. The first-order valence-electron chi connectivity index (χ1n) is 6.57. The van der Waals surface area contributed by atoms with Gasteiger partial charge in [-0.25, -0.2) is 4.79 Å². The molecule has 4 heteroatoms. The lowest BCUT2D eigenvalue weighted by Crippen LogP contribution is -2.46. The zero-order valence-corrected chi connectivity index (χ0v) is 10.8. The minimum absolute atomic E-state index is 0.698. The van der Waals surface area contributed by atoms with Crippen molar-refractivity contribution in [2.75, 3.05) is 5.32 Å². The van der Waals surface area contributed by atoms with E-state index in [1.165, 1.54) is 0 Å². The number of carboxylic acids is 1. The van der Waals surface area contributed by atoms with E-state index in [2.05, 4.69) is 10.3 Å². The summed E-state index contributed by atoms with van der Waals surface area (Å²) in [6.45, 7) is 1.91. The van der Waals surface area contributed by atoms with Crippen molar-refractivity contribution in [3.63, 3.8) is 0 Å². The molecule has 1 aromatic rings. The maximum atomic E-state index is 11.6. The van der Waals surface area contributed by atoms with Gasteiger partial charge >= 0.3 is 5.97 Å². The van der Waals surface area contributed by atoms with Crippen LogP contribution in [0.25, 0.3) is 0 Å². The van der Waals surface area contributed by atoms with Crippen LogP contribution in [-0.2, 0) is 4.79 Å². The van der Waals surface area contributed by atoms with E-state index >= 15 is 0 Å². The third kappa shape index (κ3) is 2.81. The third-order valence-electron chi connectivity index (χ3n) is 3.65. The van der Waals surface area contributed by atoms with Gasteiger partial charge in [0.05, 0.1) is 0 Å². The van der Waals surface area contributed by atoms with Crippen molar-refractivity contribution in [2.45, 2.75) is 51.0 Å². The first kappa shape index (κ1) is 12.9. The molecule has 1 aliphatic rings. The Morgan fingerprint density at radius 3 is 2.56 bits per heavy atom. The monoisotopic (exact) mass is 248 g/mol. The highest BCUT2D eigenvalue weighted by molar-refractivity contribution is 5.82. The fourth-order valence-electron chi connectivity index (χ4n) is 2.62. The number of nitrogens with one attached hydrogen (secondary N) is 1. The average molecular weight is 248 g/mol. The highest BCUT2D eigenvalue weighted by atomic mass is 16.4. The van der Waals surface area contributed by atoms with E-state index in [-0.39, 0.29) is 0 Å². The Hall–Kier alpha value is -1.58. The molecule has 0 aromatic carbocycles. The van der Waals surface area contributed by atoms with Crippen LogP contribution < -0.4 is 5.32 Å². The van der Waals surface area contributed by atoms with Gasteiger partial charge in [0.15, 0.2) is 0 Å². The van der Waals surface area contributed by atoms with E-state index in [0.29, 0.717) is 12.8 Å². The van der Waals surface area contributed by atoms with E-state index in [0.717, 1.165) is 37.1 Å². The van der Waals surface area contributed by atoms with Crippen molar-refractivity contribution >= 4 is 11.7 Å². The van der Waals surface area contributed by atoms with Crippen LogP contribution in [0.15, 0.2) is 18.3 Å². The van der Waals surface area contributed by atoms with Crippen molar-refractivity contribution in [3.05, 3.63) is 24.0 Å². The molecule has 0 radical (unpaired) electrons. The Bertz CT molecular complexity index is 424. The van der Waals surface area contributed by atoms with Crippen molar-refractivity contribution in [2.24, 2.45) is 0 Å². The molecule has 2 rings (SSSR count). The van der Waals surface area contributed by atoms with Crippen LogP contribution in [0.5, 0.6) is 0 Å². The molecule has 1 fully saturated rings. The van der Waals surface area contributed by atoms with Crippen LogP contribution in [0, 0.1) is 6.92 Å². The first-order valence-corrected chi connectivity index (χ1v) is 6.57. The molecular formula is C14H20N2O2. The van der Waals surface area contributed by atoms with Crippen LogP contribution in [0.2, 0.25) is 0 Å². The van der Waals surface area contributed by atoms with Gasteiger partial charge in [0.1, 0.15) is 5.54 Å². The van der Waals surface area contributed by atoms with E-state index in [1.54, 1.807) is 6.20 Å². The van der Waals surface area contributed by atoms with Gasteiger partial charge in [-0.2, -0.15) is 0 Å². The smallest absolute Gasteiger partial charge is 0.329 e. The Labute approximate surface area is 107 Å². The number of carbonyl (C=O) groups is 1. The lowest BCUT2D eigenvalue weighted by Gasteiger charge is -2.30. The summed E-state index contributed by atoms with van der Waals surface area (Å²) in [7, 11) is 0. The number of aryl methyl sites for hydroxylation is 1. The summed E-state index contributed by atoms with van der Waals surface area (Å²) >= 11 is 0. The van der Waals surface area contributed by atoms with Gasteiger partial charge in [0.2, 0.25) is 0 Å². The molecule has 98 valence electrons. The third-order valence-corrected chi connectivity index (χ3v) is 3.65. The summed E-state index contributed by atoms with van der Waals surface area (Å²) in [6, 6.07) is 3.73. The largest absolute Gasteiger partial charge is 0.480 e. The SMILES string of the molecule is Cc1cc(NC2(C(=O)O)CCCCCC2)ccn1. The summed E-state index contributed by atoms with van der Waals surface area (Å²) in [5.41, 5.74) is 0.950. The number of aromatic nitrogens is 1. The zero-order chi connectivity index (χ0) is 13.0. The second-order valence-electron chi connectivity index (χ2n) is 5.11. The molecule has 1 saturated carbocycles. The molecule has 2 N–H and O–H groups in total. The Morgan fingerprint density at radius 2 is 2.00 bits per heavy atom. The molecule has 0 atom stereocenters. The quantitative estimate of drug-likeness (QED) is 0.807. The van der Waals surface area contributed by atoms with Gasteiger partial charge in [-0.05, 0) is 31.9 Å². The fourth-order valence-corrected chi connectivity index (χ4v) is 2.62. The summed E-state index contributed by atoms with van der Waals surface area (Å²) in [5, 5.41) is 12.8. The minimum atomic E-state index is -0.801. The highest BCUT2D eigenvalue weighted by Gasteiger charge is 2.38. The number of nitrogens with zero attached hydrogens (tertiary/aromatic N) is 1. The molecule has 0 amide bonds. The van der Waals surface area contributed by atoms with Gasteiger partial charge in [-0.15, -0.1) is 0 Å². The second-order valence-corrected chi connectivity index (χ2v) is 5.11. The van der Waals surface area contributed by atoms with Crippen molar-refractivity contribution in [1.29, 1.82) is 0 Å². The van der Waals surface area contributed by atoms with Crippen LogP contribution in [0.1, 0.15) is 44.2 Å². The summed E-state index contributed by atoms with van der Waals surface area (Å²) < 4.78 is 0. The molecule has 18 heavy (non-hydrogen) atoms. The van der Waals surface area contributed by atoms with E-state index < -0.39 is 11.5 Å². The maximum absolute atomic E-state index is 11.6. The molecule has 1 heterocycles. The summed E-state index contributed by atoms with van der Waals surface area (Å²) in [6.07, 6.45) is 7.32. The Kier molecular flexibility index (Phi) is 3.84. The molecule has 0 spiro atoms. The topological polar surface area (TPSA) is 62.2 Å². The van der Waals surface area contributed by atoms with Gasteiger partial charge < -0.3 is 10.4 Å². The molecule has 1 aromatic heterocycles. The van der Waals surface area contributed by atoms with Crippen LogP contribution in [0.3, 0.4) is 0 Å². The number of anilines is 1. The number of rotatable bonds is 3. The number of carboxylic acid groups (broad SMARTS) is 1. The van der Waals surface area contributed by atoms with Crippen LogP contribution >= 0.6 is 0 Å². The van der Waals surface area contributed by atoms with Crippen molar-refractivity contribution in [3.8, 4) is 0 Å². The predicted molar refractivity (Wildman–Crippen MR) is 70.7 cm³/mol. The minimum Gasteiger partial charge on any atom is -0.480 e. The van der Waals surface area contributed by atoms with E-state index in [4.69, 9.17) is 0 Å². The highest BCUT2D eigenvalue weighted by Crippen LogP contribution is 2.31.